The van der Waals surface area contributed by atoms with Gasteiger partial charge in [-0.25, -0.2) is 18.0 Å². The van der Waals surface area contributed by atoms with E-state index < -0.39 is 33.8 Å². The van der Waals surface area contributed by atoms with Crippen LogP contribution < -0.4 is 5.32 Å². The van der Waals surface area contributed by atoms with Crippen molar-refractivity contribution < 1.29 is 32.3 Å². The number of hydrogen-bond donors (Lipinski definition) is 1. The van der Waals surface area contributed by atoms with Gasteiger partial charge in [0.05, 0.1) is 41.8 Å². The molecule has 0 spiro atoms. The zero-order chi connectivity index (χ0) is 24.2. The Morgan fingerprint density at radius 2 is 1.67 bits per heavy atom. The van der Waals surface area contributed by atoms with Gasteiger partial charge in [0.2, 0.25) is 15.9 Å². The van der Waals surface area contributed by atoms with Crippen molar-refractivity contribution in [1.29, 1.82) is 0 Å². The zero-order valence-corrected chi connectivity index (χ0v) is 19.5. The largest absolute Gasteiger partial charge is 0.465 e. The van der Waals surface area contributed by atoms with E-state index >= 15 is 0 Å². The predicted molar refractivity (Wildman–Crippen MR) is 120 cm³/mol. The first-order valence-corrected chi connectivity index (χ1v) is 11.8. The molecule has 0 unspecified atom stereocenters. The number of carbonyl (C=O) groups is 3. The fraction of sp³-hybridized carbons (Fsp3) is 0.348. The molecule has 0 bridgehead atoms. The molecule has 1 amide bonds. The van der Waals surface area contributed by atoms with Crippen LogP contribution in [-0.2, 0) is 24.3 Å². The van der Waals surface area contributed by atoms with E-state index in [4.69, 9.17) is 9.47 Å². The predicted octanol–water partition coefficient (Wildman–Crippen LogP) is 2.61. The van der Waals surface area contributed by atoms with Gasteiger partial charge in [-0.05, 0) is 50.1 Å². The van der Waals surface area contributed by atoms with Crippen molar-refractivity contribution in [3.8, 4) is 0 Å². The summed E-state index contributed by atoms with van der Waals surface area (Å²) in [4.78, 5) is 37.2. The van der Waals surface area contributed by atoms with E-state index in [1.807, 2.05) is 6.92 Å². The lowest BCUT2D eigenvalue weighted by Crippen LogP contribution is -2.43. The third kappa shape index (κ3) is 5.40. The summed E-state index contributed by atoms with van der Waals surface area (Å²) < 4.78 is 36.8. The Morgan fingerprint density at radius 1 is 1.00 bits per heavy atom. The van der Waals surface area contributed by atoms with Crippen molar-refractivity contribution in [2.75, 3.05) is 32.6 Å². The quantitative estimate of drug-likeness (QED) is 0.639. The Hall–Kier alpha value is -3.24. The van der Waals surface area contributed by atoms with E-state index in [-0.39, 0.29) is 28.3 Å². The highest BCUT2D eigenvalue weighted by Crippen LogP contribution is 2.26. The molecule has 2 aromatic rings. The first-order chi connectivity index (χ1) is 15.7. The van der Waals surface area contributed by atoms with Crippen LogP contribution in [0, 0.1) is 12.8 Å². The number of methoxy groups -OCH3 is 2. The molecule has 33 heavy (non-hydrogen) atoms. The standard InChI is InChI=1S/C23H26N2O7S/c1-15-6-9-18(10-7-15)33(29,30)25-12-4-5-17(14-25)21(26)24-20-13-16(22(27)31-2)8-11-19(20)23(28)32-3/h6-11,13,17H,4-5,12,14H2,1-3H3,(H,24,26)/t17-/m0/s1. The van der Waals surface area contributed by atoms with E-state index in [0.29, 0.717) is 19.4 Å². The molecule has 2 aromatic carbocycles. The first-order valence-electron chi connectivity index (χ1n) is 10.4. The molecular formula is C23H26N2O7S. The minimum atomic E-state index is -3.75. The lowest BCUT2D eigenvalue weighted by atomic mass is 9.98. The topological polar surface area (TPSA) is 119 Å². The van der Waals surface area contributed by atoms with E-state index in [2.05, 4.69) is 5.32 Å². The Bertz CT molecular complexity index is 1160. The van der Waals surface area contributed by atoms with Crippen LogP contribution in [0.25, 0.3) is 0 Å². The Morgan fingerprint density at radius 3 is 2.30 bits per heavy atom. The van der Waals surface area contributed by atoms with Crippen molar-refractivity contribution >= 4 is 33.6 Å². The molecule has 0 radical (unpaired) electrons. The molecular weight excluding hydrogens is 448 g/mol. The number of rotatable bonds is 6. The third-order valence-electron chi connectivity index (χ3n) is 5.52. The fourth-order valence-electron chi connectivity index (χ4n) is 3.65. The van der Waals surface area contributed by atoms with Gasteiger partial charge in [0, 0.05) is 13.1 Å². The summed E-state index contributed by atoms with van der Waals surface area (Å²) in [6, 6.07) is 10.6. The van der Waals surface area contributed by atoms with Gasteiger partial charge in [-0.3, -0.25) is 4.79 Å². The minimum absolute atomic E-state index is 0.00624. The lowest BCUT2D eigenvalue weighted by Gasteiger charge is -2.31. The molecule has 1 saturated heterocycles. The molecule has 9 nitrogen and oxygen atoms in total. The molecule has 1 fully saturated rings. The van der Waals surface area contributed by atoms with Gasteiger partial charge in [-0.1, -0.05) is 17.7 Å². The summed E-state index contributed by atoms with van der Waals surface area (Å²) in [5, 5.41) is 2.67. The summed E-state index contributed by atoms with van der Waals surface area (Å²) in [7, 11) is -1.32. The molecule has 1 aliphatic heterocycles. The number of sulfonamides is 1. The normalized spacial score (nSPS) is 16.6. The Balaban J connectivity index is 1.82. The van der Waals surface area contributed by atoms with Crippen LogP contribution in [0.2, 0.25) is 0 Å². The highest BCUT2D eigenvalue weighted by atomic mass is 32.2. The molecule has 10 heteroatoms. The molecule has 1 aliphatic rings. The van der Waals surface area contributed by atoms with Crippen LogP contribution >= 0.6 is 0 Å². The number of benzene rings is 2. The number of nitrogens with zero attached hydrogens (tertiary/aromatic N) is 1. The number of carbonyl (C=O) groups excluding carboxylic acids is 3. The van der Waals surface area contributed by atoms with Gasteiger partial charge < -0.3 is 14.8 Å². The molecule has 3 rings (SSSR count). The molecule has 0 saturated carbocycles. The third-order valence-corrected chi connectivity index (χ3v) is 7.40. The maximum atomic E-state index is 13.0. The lowest BCUT2D eigenvalue weighted by molar-refractivity contribution is -0.120. The van der Waals surface area contributed by atoms with Crippen molar-refractivity contribution in [1.82, 2.24) is 4.31 Å². The SMILES string of the molecule is COC(=O)c1ccc(C(=O)OC)c(NC(=O)[C@H]2CCCN(S(=O)(=O)c3ccc(C)cc3)C2)c1. The van der Waals surface area contributed by atoms with E-state index in [9.17, 15) is 22.8 Å². The minimum Gasteiger partial charge on any atom is -0.465 e. The van der Waals surface area contributed by atoms with Gasteiger partial charge in [0.1, 0.15) is 0 Å². The first kappa shape index (κ1) is 24.4. The summed E-state index contributed by atoms with van der Waals surface area (Å²) in [6.07, 6.45) is 0.991. The number of esters is 2. The molecule has 176 valence electrons. The second kappa shape index (κ2) is 10.1. The zero-order valence-electron chi connectivity index (χ0n) is 18.7. The van der Waals surface area contributed by atoms with E-state index in [1.165, 1.54) is 36.7 Å². The van der Waals surface area contributed by atoms with Gasteiger partial charge in [0.25, 0.3) is 0 Å². The summed E-state index contributed by atoms with van der Waals surface area (Å²) >= 11 is 0. The number of aryl methyl sites for hydroxylation is 1. The molecule has 1 heterocycles. The molecule has 1 atom stereocenters. The van der Waals surface area contributed by atoms with Gasteiger partial charge in [-0.15, -0.1) is 0 Å². The van der Waals surface area contributed by atoms with Crippen molar-refractivity contribution in [3.63, 3.8) is 0 Å². The van der Waals surface area contributed by atoms with Crippen LogP contribution in [-0.4, -0.2) is 57.9 Å². The monoisotopic (exact) mass is 474 g/mol. The smallest absolute Gasteiger partial charge is 0.339 e. The molecule has 0 aliphatic carbocycles. The van der Waals surface area contributed by atoms with Crippen molar-refractivity contribution in [2.45, 2.75) is 24.7 Å². The fourth-order valence-corrected chi connectivity index (χ4v) is 5.17. The van der Waals surface area contributed by atoms with Crippen LogP contribution in [0.3, 0.4) is 0 Å². The summed E-state index contributed by atoms with van der Waals surface area (Å²) in [5.74, 6) is -2.40. The number of ether oxygens (including phenoxy) is 2. The van der Waals surface area contributed by atoms with Crippen LogP contribution in [0.5, 0.6) is 0 Å². The van der Waals surface area contributed by atoms with Crippen LogP contribution in [0.1, 0.15) is 39.1 Å². The van der Waals surface area contributed by atoms with Crippen molar-refractivity contribution in [2.24, 2.45) is 5.92 Å². The maximum absolute atomic E-state index is 13.0. The van der Waals surface area contributed by atoms with Crippen LogP contribution in [0.4, 0.5) is 5.69 Å². The Kier molecular flexibility index (Phi) is 7.50. The maximum Gasteiger partial charge on any atom is 0.339 e. The summed E-state index contributed by atoms with van der Waals surface area (Å²) in [5.41, 5.74) is 1.25. The highest BCUT2D eigenvalue weighted by Gasteiger charge is 2.33. The van der Waals surface area contributed by atoms with E-state index in [0.717, 1.165) is 5.56 Å². The average Bonchev–Trinajstić information content (AvgIpc) is 2.83. The summed E-state index contributed by atoms with van der Waals surface area (Å²) in [6.45, 7) is 2.19. The molecule has 0 aromatic heterocycles. The Labute approximate surface area is 192 Å². The number of anilines is 1. The van der Waals surface area contributed by atoms with Gasteiger partial charge in [0.15, 0.2) is 0 Å². The van der Waals surface area contributed by atoms with Crippen LogP contribution in [0.15, 0.2) is 47.4 Å². The second-order valence-electron chi connectivity index (χ2n) is 7.75. The number of hydrogen-bond acceptors (Lipinski definition) is 7. The second-order valence-corrected chi connectivity index (χ2v) is 9.69. The number of nitrogens with one attached hydrogen (secondary N) is 1. The number of piperidine rings is 1. The molecule has 1 N–H and O–H groups in total. The van der Waals surface area contributed by atoms with Gasteiger partial charge >= 0.3 is 11.9 Å². The van der Waals surface area contributed by atoms with E-state index in [1.54, 1.807) is 24.3 Å². The highest BCUT2D eigenvalue weighted by molar-refractivity contribution is 7.89. The van der Waals surface area contributed by atoms with Crippen molar-refractivity contribution in [3.05, 3.63) is 59.2 Å². The average molecular weight is 475 g/mol. The van der Waals surface area contributed by atoms with Gasteiger partial charge in [-0.2, -0.15) is 4.31 Å². The number of amides is 1.